The van der Waals surface area contributed by atoms with Gasteiger partial charge in [0.2, 0.25) is 5.91 Å². The maximum atomic E-state index is 14.0. The fourth-order valence-corrected chi connectivity index (χ4v) is 2.32. The second-order valence-corrected chi connectivity index (χ2v) is 4.36. The van der Waals surface area contributed by atoms with E-state index in [0.29, 0.717) is 0 Å². The van der Waals surface area contributed by atoms with Gasteiger partial charge in [-0.25, -0.2) is 8.78 Å². The van der Waals surface area contributed by atoms with Gasteiger partial charge in [-0.15, -0.1) is 0 Å². The van der Waals surface area contributed by atoms with Crippen LogP contribution in [0.15, 0.2) is 12.1 Å². The number of esters is 1. The molecule has 2 rings (SSSR count). The first kappa shape index (κ1) is 14.2. The van der Waals surface area contributed by atoms with E-state index in [1.807, 2.05) is 0 Å². The highest BCUT2D eigenvalue weighted by atomic mass is 19.1. The molecule has 7 heteroatoms. The first-order valence-corrected chi connectivity index (χ1v) is 5.88. The van der Waals surface area contributed by atoms with Crippen LogP contribution in [-0.2, 0) is 14.3 Å². The van der Waals surface area contributed by atoms with Crippen molar-refractivity contribution in [2.45, 2.75) is 5.92 Å². The first-order valence-electron chi connectivity index (χ1n) is 5.88. The molecule has 1 amide bonds. The lowest BCUT2D eigenvalue weighted by molar-refractivity contribution is -0.149. The minimum absolute atomic E-state index is 0.0238. The van der Waals surface area contributed by atoms with Crippen molar-refractivity contribution in [2.24, 2.45) is 5.92 Å². The van der Waals surface area contributed by atoms with E-state index in [9.17, 15) is 18.4 Å². The molecule has 1 aromatic carbocycles. The van der Waals surface area contributed by atoms with Gasteiger partial charge < -0.3 is 14.8 Å². The van der Waals surface area contributed by atoms with Crippen molar-refractivity contribution >= 4 is 11.9 Å². The van der Waals surface area contributed by atoms with Gasteiger partial charge in [-0.05, 0) is 0 Å². The minimum atomic E-state index is -1.25. The molecular weight excluding hydrogens is 272 g/mol. The monoisotopic (exact) mass is 285 g/mol. The number of benzene rings is 1. The van der Waals surface area contributed by atoms with Crippen molar-refractivity contribution in [3.63, 3.8) is 0 Å². The zero-order valence-electron chi connectivity index (χ0n) is 10.9. The number of hydrogen-bond donors (Lipinski definition) is 1. The molecule has 0 aromatic heterocycles. The fraction of sp³-hybridized carbons (Fsp3) is 0.385. The summed E-state index contributed by atoms with van der Waals surface area (Å²) in [6, 6.07) is 2.02. The SMILES string of the molecule is COC(=O)C1C(=O)NCC1c1c(F)cc(OC)cc1F. The molecule has 1 aromatic rings. The second kappa shape index (κ2) is 5.44. The second-order valence-electron chi connectivity index (χ2n) is 4.36. The summed E-state index contributed by atoms with van der Waals surface area (Å²) in [4.78, 5) is 23.2. The molecule has 0 spiro atoms. The Hall–Kier alpha value is -2.18. The van der Waals surface area contributed by atoms with Gasteiger partial charge in [0.15, 0.2) is 0 Å². The molecule has 20 heavy (non-hydrogen) atoms. The molecule has 0 saturated carbocycles. The number of rotatable bonds is 3. The van der Waals surface area contributed by atoms with Crippen LogP contribution >= 0.6 is 0 Å². The van der Waals surface area contributed by atoms with Crippen molar-refractivity contribution in [3.8, 4) is 5.75 Å². The van der Waals surface area contributed by atoms with E-state index >= 15 is 0 Å². The number of carbonyl (C=O) groups is 2. The Bertz CT molecular complexity index is 538. The van der Waals surface area contributed by atoms with Crippen LogP contribution in [0.2, 0.25) is 0 Å². The fourth-order valence-electron chi connectivity index (χ4n) is 2.32. The highest BCUT2D eigenvalue weighted by Crippen LogP contribution is 2.35. The van der Waals surface area contributed by atoms with Gasteiger partial charge in [-0.1, -0.05) is 0 Å². The van der Waals surface area contributed by atoms with Crippen LogP contribution in [-0.4, -0.2) is 32.6 Å². The van der Waals surface area contributed by atoms with E-state index in [1.54, 1.807) is 0 Å². The third-order valence-corrected chi connectivity index (χ3v) is 3.30. The quantitative estimate of drug-likeness (QED) is 0.664. The molecule has 1 aliphatic heterocycles. The molecule has 1 heterocycles. The maximum Gasteiger partial charge on any atom is 0.318 e. The van der Waals surface area contributed by atoms with Crippen LogP contribution in [0, 0.1) is 17.6 Å². The van der Waals surface area contributed by atoms with Crippen LogP contribution in [0.1, 0.15) is 11.5 Å². The summed E-state index contributed by atoms with van der Waals surface area (Å²) in [5, 5.41) is 2.41. The van der Waals surface area contributed by atoms with Crippen LogP contribution < -0.4 is 10.1 Å². The number of methoxy groups -OCH3 is 2. The minimum Gasteiger partial charge on any atom is -0.497 e. The highest BCUT2D eigenvalue weighted by molar-refractivity contribution is 6.00. The van der Waals surface area contributed by atoms with Gasteiger partial charge in [0, 0.05) is 30.2 Å². The van der Waals surface area contributed by atoms with E-state index in [2.05, 4.69) is 10.1 Å². The summed E-state index contributed by atoms with van der Waals surface area (Å²) in [7, 11) is 2.40. The molecule has 1 fully saturated rings. The van der Waals surface area contributed by atoms with Crippen LogP contribution in [0.3, 0.4) is 0 Å². The lowest BCUT2D eigenvalue weighted by atomic mass is 9.87. The predicted octanol–water partition coefficient (Wildman–Crippen LogP) is 0.976. The third-order valence-electron chi connectivity index (χ3n) is 3.30. The van der Waals surface area contributed by atoms with Crippen molar-refractivity contribution in [1.29, 1.82) is 0 Å². The molecule has 1 aliphatic rings. The van der Waals surface area contributed by atoms with Crippen molar-refractivity contribution in [3.05, 3.63) is 29.3 Å². The first-order chi connectivity index (χ1) is 9.49. The Morgan fingerprint density at radius 3 is 2.40 bits per heavy atom. The van der Waals surface area contributed by atoms with Gasteiger partial charge in [0.1, 0.15) is 23.3 Å². The molecule has 1 saturated heterocycles. The summed E-state index contributed by atoms with van der Waals surface area (Å²) >= 11 is 0. The molecule has 0 aliphatic carbocycles. The Labute approximate surface area is 113 Å². The van der Waals surface area contributed by atoms with Gasteiger partial charge in [0.25, 0.3) is 0 Å². The molecular formula is C13H13F2NO4. The maximum absolute atomic E-state index is 14.0. The zero-order chi connectivity index (χ0) is 14.9. The zero-order valence-corrected chi connectivity index (χ0v) is 10.9. The summed E-state index contributed by atoms with van der Waals surface area (Å²) in [6.45, 7) is -0.0290. The highest BCUT2D eigenvalue weighted by Gasteiger charge is 2.44. The lowest BCUT2D eigenvalue weighted by Crippen LogP contribution is -2.28. The van der Waals surface area contributed by atoms with Crippen LogP contribution in [0.4, 0.5) is 8.78 Å². The Kier molecular flexibility index (Phi) is 3.87. The number of amides is 1. The smallest absolute Gasteiger partial charge is 0.318 e. The van der Waals surface area contributed by atoms with E-state index in [0.717, 1.165) is 19.2 Å². The molecule has 1 N–H and O–H groups in total. The summed E-state index contributed by atoms with van der Waals surface area (Å²) in [6.07, 6.45) is 0. The summed E-state index contributed by atoms with van der Waals surface area (Å²) in [5.74, 6) is -5.32. The summed E-state index contributed by atoms with van der Waals surface area (Å²) < 4.78 is 37.3. The van der Waals surface area contributed by atoms with E-state index in [1.165, 1.54) is 7.11 Å². The molecule has 5 nitrogen and oxygen atoms in total. The van der Waals surface area contributed by atoms with Gasteiger partial charge >= 0.3 is 5.97 Å². The normalized spacial score (nSPS) is 21.5. The molecule has 2 atom stereocenters. The molecule has 0 radical (unpaired) electrons. The standard InChI is InChI=1S/C13H13F2NO4/c1-19-6-3-8(14)10(9(15)4-6)7-5-16-12(17)11(7)13(18)20-2/h3-4,7,11H,5H2,1-2H3,(H,16,17). The van der Waals surface area contributed by atoms with E-state index < -0.39 is 35.3 Å². The van der Waals surface area contributed by atoms with Gasteiger partial charge in [0.05, 0.1) is 14.2 Å². The number of hydrogen-bond acceptors (Lipinski definition) is 4. The molecule has 0 bridgehead atoms. The largest absolute Gasteiger partial charge is 0.497 e. The van der Waals surface area contributed by atoms with Crippen molar-refractivity contribution < 1.29 is 27.8 Å². The average molecular weight is 285 g/mol. The van der Waals surface area contributed by atoms with Crippen molar-refractivity contribution in [2.75, 3.05) is 20.8 Å². The van der Waals surface area contributed by atoms with Crippen LogP contribution in [0.5, 0.6) is 5.75 Å². The third kappa shape index (κ3) is 2.31. The molecule has 108 valence electrons. The Balaban J connectivity index is 2.45. The molecule has 2 unspecified atom stereocenters. The van der Waals surface area contributed by atoms with Crippen molar-refractivity contribution in [1.82, 2.24) is 5.32 Å². The predicted molar refractivity (Wildman–Crippen MR) is 64.2 cm³/mol. The Morgan fingerprint density at radius 2 is 1.90 bits per heavy atom. The van der Waals surface area contributed by atoms with Gasteiger partial charge in [-0.3, -0.25) is 9.59 Å². The number of carbonyl (C=O) groups excluding carboxylic acids is 2. The number of halogens is 2. The number of nitrogens with one attached hydrogen (secondary N) is 1. The Morgan fingerprint density at radius 1 is 1.30 bits per heavy atom. The topological polar surface area (TPSA) is 64.6 Å². The van der Waals surface area contributed by atoms with Gasteiger partial charge in [-0.2, -0.15) is 0 Å². The number of ether oxygens (including phenoxy) is 2. The van der Waals surface area contributed by atoms with E-state index in [-0.39, 0.29) is 17.9 Å². The van der Waals surface area contributed by atoms with Crippen LogP contribution in [0.25, 0.3) is 0 Å². The average Bonchev–Trinajstić information content (AvgIpc) is 2.78. The van der Waals surface area contributed by atoms with E-state index in [4.69, 9.17) is 4.74 Å². The summed E-state index contributed by atoms with van der Waals surface area (Å²) in [5.41, 5.74) is -0.320. The lowest BCUT2D eigenvalue weighted by Gasteiger charge is -2.17.